The Kier molecular flexibility index (Phi) is 6.56. The molecular formula is C14H22ClNO. The number of ether oxygens (including phenoxy) is 1. The van der Waals surface area contributed by atoms with Crippen LogP contribution in [0.5, 0.6) is 0 Å². The first-order chi connectivity index (χ1) is 8.13. The van der Waals surface area contributed by atoms with Crippen molar-refractivity contribution >= 4 is 11.6 Å². The number of hydrogen-bond donors (Lipinski definition) is 1. The summed E-state index contributed by atoms with van der Waals surface area (Å²) in [6.45, 7) is 6.01. The minimum absolute atomic E-state index is 0.460. The molecule has 0 aliphatic carbocycles. The summed E-state index contributed by atoms with van der Waals surface area (Å²) >= 11 is 6.17. The first kappa shape index (κ1) is 14.5. The number of benzene rings is 1. The van der Waals surface area contributed by atoms with Gasteiger partial charge in [0.1, 0.15) is 0 Å². The topological polar surface area (TPSA) is 21.3 Å². The first-order valence-corrected chi connectivity index (χ1v) is 6.47. The summed E-state index contributed by atoms with van der Waals surface area (Å²) in [5.74, 6) is 0.460. The van der Waals surface area contributed by atoms with Crippen molar-refractivity contribution in [1.82, 2.24) is 5.32 Å². The van der Waals surface area contributed by atoms with Crippen molar-refractivity contribution in [2.45, 2.75) is 26.3 Å². The Balaban J connectivity index is 2.56. The SMILES string of the molecule is COCC(CNC(C)C)Cc1ccccc1Cl. The first-order valence-electron chi connectivity index (χ1n) is 6.09. The maximum absolute atomic E-state index is 6.17. The van der Waals surface area contributed by atoms with Crippen molar-refractivity contribution in [3.63, 3.8) is 0 Å². The lowest BCUT2D eigenvalue weighted by Gasteiger charge is -2.19. The molecular weight excluding hydrogens is 234 g/mol. The predicted octanol–water partition coefficient (Wildman–Crippen LogP) is 3.14. The van der Waals surface area contributed by atoms with Gasteiger partial charge < -0.3 is 10.1 Å². The van der Waals surface area contributed by atoms with E-state index in [9.17, 15) is 0 Å². The summed E-state index contributed by atoms with van der Waals surface area (Å²) in [6.07, 6.45) is 0.952. The average Bonchev–Trinajstić information content (AvgIpc) is 2.29. The molecule has 0 saturated carbocycles. The molecule has 17 heavy (non-hydrogen) atoms. The van der Waals surface area contributed by atoms with Crippen molar-refractivity contribution in [2.75, 3.05) is 20.3 Å². The molecule has 1 rings (SSSR count). The fourth-order valence-corrected chi connectivity index (χ4v) is 2.02. The minimum atomic E-state index is 0.460. The Morgan fingerprint density at radius 1 is 1.29 bits per heavy atom. The van der Waals surface area contributed by atoms with Gasteiger partial charge in [-0.2, -0.15) is 0 Å². The highest BCUT2D eigenvalue weighted by Crippen LogP contribution is 2.18. The highest BCUT2D eigenvalue weighted by molar-refractivity contribution is 6.31. The Bertz CT molecular complexity index is 328. The highest BCUT2D eigenvalue weighted by Gasteiger charge is 2.11. The lowest BCUT2D eigenvalue weighted by molar-refractivity contribution is 0.149. The molecule has 1 aromatic carbocycles. The molecule has 2 nitrogen and oxygen atoms in total. The number of nitrogens with one attached hydrogen (secondary N) is 1. The van der Waals surface area contributed by atoms with Crippen molar-refractivity contribution in [2.24, 2.45) is 5.92 Å². The van der Waals surface area contributed by atoms with E-state index in [1.54, 1.807) is 7.11 Å². The van der Waals surface area contributed by atoms with Gasteiger partial charge >= 0.3 is 0 Å². The van der Waals surface area contributed by atoms with Gasteiger partial charge in [0, 0.05) is 24.7 Å². The number of halogens is 1. The average molecular weight is 256 g/mol. The number of methoxy groups -OCH3 is 1. The van der Waals surface area contributed by atoms with E-state index >= 15 is 0 Å². The summed E-state index contributed by atoms with van der Waals surface area (Å²) in [6, 6.07) is 8.52. The van der Waals surface area contributed by atoms with Gasteiger partial charge in [-0.05, 0) is 24.0 Å². The molecule has 0 fully saturated rings. The van der Waals surface area contributed by atoms with Crippen molar-refractivity contribution in [3.8, 4) is 0 Å². The van der Waals surface area contributed by atoms with Crippen LogP contribution in [0.1, 0.15) is 19.4 Å². The van der Waals surface area contributed by atoms with E-state index in [-0.39, 0.29) is 0 Å². The van der Waals surface area contributed by atoms with Crippen molar-refractivity contribution in [3.05, 3.63) is 34.9 Å². The molecule has 0 heterocycles. The van der Waals surface area contributed by atoms with Crippen molar-refractivity contribution in [1.29, 1.82) is 0 Å². The van der Waals surface area contributed by atoms with Crippen LogP contribution < -0.4 is 5.32 Å². The summed E-state index contributed by atoms with van der Waals surface area (Å²) < 4.78 is 5.27. The summed E-state index contributed by atoms with van der Waals surface area (Å²) in [5, 5.41) is 4.29. The molecule has 0 bridgehead atoms. The molecule has 0 aromatic heterocycles. The Labute approximate surface area is 109 Å². The van der Waals surface area contributed by atoms with E-state index < -0.39 is 0 Å². The lowest BCUT2D eigenvalue weighted by atomic mass is 9.99. The molecule has 1 N–H and O–H groups in total. The highest BCUT2D eigenvalue weighted by atomic mass is 35.5. The normalized spacial score (nSPS) is 13.0. The zero-order chi connectivity index (χ0) is 12.7. The van der Waals surface area contributed by atoms with E-state index in [4.69, 9.17) is 16.3 Å². The van der Waals surface area contributed by atoms with Crippen LogP contribution in [0.15, 0.2) is 24.3 Å². The van der Waals surface area contributed by atoms with Crippen LogP contribution in [0.25, 0.3) is 0 Å². The molecule has 0 saturated heterocycles. The van der Waals surface area contributed by atoms with E-state index in [1.165, 1.54) is 5.56 Å². The zero-order valence-electron chi connectivity index (χ0n) is 10.9. The second-order valence-corrected chi connectivity index (χ2v) is 5.09. The lowest BCUT2D eigenvalue weighted by Crippen LogP contribution is -2.32. The minimum Gasteiger partial charge on any atom is -0.384 e. The number of rotatable bonds is 7. The van der Waals surface area contributed by atoms with Gasteiger partial charge in [0.05, 0.1) is 6.61 Å². The second kappa shape index (κ2) is 7.70. The third-order valence-electron chi connectivity index (χ3n) is 2.68. The van der Waals surface area contributed by atoms with Gasteiger partial charge in [-0.1, -0.05) is 43.6 Å². The van der Waals surface area contributed by atoms with Crippen LogP contribution >= 0.6 is 11.6 Å². The molecule has 1 unspecified atom stereocenters. The molecule has 0 aliphatic rings. The van der Waals surface area contributed by atoms with Gasteiger partial charge in [-0.15, -0.1) is 0 Å². The maximum Gasteiger partial charge on any atom is 0.0505 e. The van der Waals surface area contributed by atoms with E-state index in [0.717, 1.165) is 24.6 Å². The van der Waals surface area contributed by atoms with Crippen LogP contribution in [0.2, 0.25) is 5.02 Å². The molecule has 0 aliphatic heterocycles. The fourth-order valence-electron chi connectivity index (χ4n) is 1.80. The van der Waals surface area contributed by atoms with E-state index in [2.05, 4.69) is 25.2 Å². The van der Waals surface area contributed by atoms with Gasteiger partial charge in [-0.25, -0.2) is 0 Å². The Morgan fingerprint density at radius 2 is 2.00 bits per heavy atom. The molecule has 1 aromatic rings. The van der Waals surface area contributed by atoms with Gasteiger partial charge in [-0.3, -0.25) is 0 Å². The second-order valence-electron chi connectivity index (χ2n) is 4.68. The standard InChI is InChI=1S/C14H22ClNO/c1-11(2)16-9-12(10-17-3)8-13-6-4-5-7-14(13)15/h4-7,11-12,16H,8-10H2,1-3H3. The largest absolute Gasteiger partial charge is 0.384 e. The van der Waals surface area contributed by atoms with Gasteiger partial charge in [0.25, 0.3) is 0 Å². The molecule has 0 radical (unpaired) electrons. The van der Waals surface area contributed by atoms with Crippen LogP contribution in [0, 0.1) is 5.92 Å². The van der Waals surface area contributed by atoms with E-state index in [0.29, 0.717) is 12.0 Å². The molecule has 0 spiro atoms. The molecule has 96 valence electrons. The van der Waals surface area contributed by atoms with E-state index in [1.807, 2.05) is 18.2 Å². The summed E-state index contributed by atoms with van der Waals surface area (Å²) in [5.41, 5.74) is 1.20. The van der Waals surface area contributed by atoms with Crippen LogP contribution in [-0.2, 0) is 11.2 Å². The quantitative estimate of drug-likeness (QED) is 0.808. The molecule has 1 atom stereocenters. The Hall–Kier alpha value is -0.570. The van der Waals surface area contributed by atoms with Gasteiger partial charge in [0.15, 0.2) is 0 Å². The maximum atomic E-state index is 6.17. The van der Waals surface area contributed by atoms with Crippen LogP contribution in [0.4, 0.5) is 0 Å². The fraction of sp³-hybridized carbons (Fsp3) is 0.571. The van der Waals surface area contributed by atoms with Crippen LogP contribution in [0.3, 0.4) is 0 Å². The Morgan fingerprint density at radius 3 is 2.59 bits per heavy atom. The molecule has 0 amide bonds. The summed E-state index contributed by atoms with van der Waals surface area (Å²) in [7, 11) is 1.75. The van der Waals surface area contributed by atoms with Crippen molar-refractivity contribution < 1.29 is 4.74 Å². The zero-order valence-corrected chi connectivity index (χ0v) is 11.6. The monoisotopic (exact) mass is 255 g/mol. The van der Waals surface area contributed by atoms with Crippen LogP contribution in [-0.4, -0.2) is 26.3 Å². The van der Waals surface area contributed by atoms with Gasteiger partial charge in [0.2, 0.25) is 0 Å². The smallest absolute Gasteiger partial charge is 0.0505 e. The molecule has 3 heteroatoms. The number of hydrogen-bond acceptors (Lipinski definition) is 2. The summed E-state index contributed by atoms with van der Waals surface area (Å²) in [4.78, 5) is 0. The predicted molar refractivity (Wildman–Crippen MR) is 73.7 cm³/mol. The third kappa shape index (κ3) is 5.53. The third-order valence-corrected chi connectivity index (χ3v) is 3.05.